The van der Waals surface area contributed by atoms with E-state index < -0.39 is 0 Å². The number of nitrogens with zero attached hydrogens (tertiary/aromatic N) is 1. The average Bonchev–Trinajstić information content (AvgIpc) is 3.08. The zero-order chi connectivity index (χ0) is 13.4. The molecule has 3 rings (SSSR count). The van der Waals surface area contributed by atoms with Crippen molar-refractivity contribution >= 4 is 35.1 Å². The summed E-state index contributed by atoms with van der Waals surface area (Å²) >= 11 is 0. The van der Waals surface area contributed by atoms with Gasteiger partial charge < -0.3 is 15.5 Å². The second kappa shape index (κ2) is 5.81. The Morgan fingerprint density at radius 1 is 1.55 bits per heavy atom. The quantitative estimate of drug-likeness (QED) is 0.909. The van der Waals surface area contributed by atoms with Gasteiger partial charge in [0.25, 0.3) is 0 Å². The molecule has 1 atom stereocenters. The van der Waals surface area contributed by atoms with Gasteiger partial charge in [-0.25, -0.2) is 4.98 Å². The highest BCUT2D eigenvalue weighted by atomic mass is 35.5. The third-order valence-electron chi connectivity index (χ3n) is 3.12. The SMILES string of the molecule is CC(N)CC(=O)Nc1ccc2oc(C3CC3)nc2c1.Cl. The number of aromatic nitrogens is 1. The summed E-state index contributed by atoms with van der Waals surface area (Å²) in [5, 5.41) is 2.82. The summed E-state index contributed by atoms with van der Waals surface area (Å²) in [4.78, 5) is 16.1. The fourth-order valence-corrected chi connectivity index (χ4v) is 2.03. The van der Waals surface area contributed by atoms with Crippen LogP contribution in [0.25, 0.3) is 11.1 Å². The average molecular weight is 296 g/mol. The third-order valence-corrected chi connectivity index (χ3v) is 3.12. The fraction of sp³-hybridized carbons (Fsp3) is 0.429. The first-order chi connectivity index (χ1) is 9.11. The van der Waals surface area contributed by atoms with E-state index in [0.717, 1.165) is 35.5 Å². The second-order valence-corrected chi connectivity index (χ2v) is 5.24. The Hall–Kier alpha value is -1.59. The molecule has 1 aliphatic rings. The summed E-state index contributed by atoms with van der Waals surface area (Å²) in [6, 6.07) is 5.36. The van der Waals surface area contributed by atoms with Gasteiger partial charge in [0.05, 0.1) is 0 Å². The molecule has 1 aromatic carbocycles. The van der Waals surface area contributed by atoms with Crippen LogP contribution in [0, 0.1) is 0 Å². The first kappa shape index (κ1) is 14.8. The zero-order valence-corrected chi connectivity index (χ0v) is 12.1. The molecule has 0 spiro atoms. The second-order valence-electron chi connectivity index (χ2n) is 5.24. The smallest absolute Gasteiger partial charge is 0.225 e. The highest BCUT2D eigenvalue weighted by Crippen LogP contribution is 2.40. The van der Waals surface area contributed by atoms with E-state index in [1.807, 2.05) is 25.1 Å². The molecule has 0 radical (unpaired) electrons. The summed E-state index contributed by atoms with van der Waals surface area (Å²) in [6.45, 7) is 1.81. The number of anilines is 1. The summed E-state index contributed by atoms with van der Waals surface area (Å²) < 4.78 is 5.67. The Balaban J connectivity index is 0.00000147. The minimum absolute atomic E-state index is 0. The van der Waals surface area contributed by atoms with Crippen LogP contribution in [0.3, 0.4) is 0 Å². The molecule has 2 aromatic rings. The third kappa shape index (κ3) is 3.29. The molecule has 5 nitrogen and oxygen atoms in total. The number of hydrogen-bond acceptors (Lipinski definition) is 4. The van der Waals surface area contributed by atoms with E-state index in [1.54, 1.807) is 0 Å². The van der Waals surface area contributed by atoms with Crippen molar-refractivity contribution in [3.8, 4) is 0 Å². The standard InChI is InChI=1S/C14H17N3O2.ClH/c1-8(15)6-13(18)16-10-4-5-12-11(7-10)17-14(19-12)9-2-3-9;/h4-5,7-9H,2-3,6,15H2,1H3,(H,16,18);1H. The van der Waals surface area contributed by atoms with Crippen molar-refractivity contribution in [2.45, 2.75) is 38.1 Å². The van der Waals surface area contributed by atoms with Gasteiger partial charge in [0.1, 0.15) is 5.52 Å². The van der Waals surface area contributed by atoms with Crippen molar-refractivity contribution in [1.82, 2.24) is 4.98 Å². The fourth-order valence-electron chi connectivity index (χ4n) is 2.03. The molecule has 6 heteroatoms. The minimum atomic E-state index is -0.141. The maximum absolute atomic E-state index is 11.6. The molecule has 1 amide bonds. The molecule has 1 unspecified atom stereocenters. The van der Waals surface area contributed by atoms with Crippen molar-refractivity contribution in [2.24, 2.45) is 5.73 Å². The highest BCUT2D eigenvalue weighted by Gasteiger charge is 2.28. The number of fused-ring (bicyclic) bond motifs is 1. The van der Waals surface area contributed by atoms with Gasteiger partial charge in [0, 0.05) is 24.1 Å². The van der Waals surface area contributed by atoms with Crippen LogP contribution in [-0.2, 0) is 4.79 Å². The predicted molar refractivity (Wildman–Crippen MR) is 80.1 cm³/mol. The first-order valence-corrected chi connectivity index (χ1v) is 6.58. The topological polar surface area (TPSA) is 81.2 Å². The number of amides is 1. The Kier molecular flexibility index (Phi) is 4.30. The van der Waals surface area contributed by atoms with Crippen LogP contribution in [0.5, 0.6) is 0 Å². The van der Waals surface area contributed by atoms with E-state index in [0.29, 0.717) is 12.3 Å². The molecule has 108 valence electrons. The predicted octanol–water partition coefficient (Wildman–Crippen LogP) is 2.80. The summed E-state index contributed by atoms with van der Waals surface area (Å²) in [5.41, 5.74) is 7.89. The van der Waals surface area contributed by atoms with E-state index in [1.165, 1.54) is 0 Å². The zero-order valence-electron chi connectivity index (χ0n) is 11.3. The van der Waals surface area contributed by atoms with Crippen molar-refractivity contribution < 1.29 is 9.21 Å². The molecule has 0 saturated heterocycles. The number of carbonyl (C=O) groups is 1. The van der Waals surface area contributed by atoms with E-state index in [-0.39, 0.29) is 24.4 Å². The molecule has 1 fully saturated rings. The Bertz CT molecular complexity index is 620. The van der Waals surface area contributed by atoms with Crippen LogP contribution in [0.4, 0.5) is 5.69 Å². The van der Waals surface area contributed by atoms with E-state index in [2.05, 4.69) is 10.3 Å². The number of halogens is 1. The summed E-state index contributed by atoms with van der Waals surface area (Å²) in [5.74, 6) is 1.22. The molecule has 20 heavy (non-hydrogen) atoms. The van der Waals surface area contributed by atoms with Crippen molar-refractivity contribution in [3.05, 3.63) is 24.1 Å². The molecule has 1 saturated carbocycles. The molecule has 1 aliphatic carbocycles. The number of carbonyl (C=O) groups excluding carboxylic acids is 1. The molecule has 1 aromatic heterocycles. The lowest BCUT2D eigenvalue weighted by atomic mass is 10.2. The minimum Gasteiger partial charge on any atom is -0.440 e. The molecular formula is C14H18ClN3O2. The largest absolute Gasteiger partial charge is 0.440 e. The van der Waals surface area contributed by atoms with Gasteiger partial charge in [-0.05, 0) is 38.0 Å². The van der Waals surface area contributed by atoms with Crippen LogP contribution >= 0.6 is 12.4 Å². The van der Waals surface area contributed by atoms with Gasteiger partial charge in [0.15, 0.2) is 11.5 Å². The lowest BCUT2D eigenvalue weighted by Crippen LogP contribution is -2.23. The van der Waals surface area contributed by atoms with Crippen molar-refractivity contribution in [3.63, 3.8) is 0 Å². The van der Waals surface area contributed by atoms with Gasteiger partial charge in [0.2, 0.25) is 5.91 Å². The van der Waals surface area contributed by atoms with Gasteiger partial charge in [-0.2, -0.15) is 0 Å². The Morgan fingerprint density at radius 2 is 2.30 bits per heavy atom. The maximum Gasteiger partial charge on any atom is 0.225 e. The van der Waals surface area contributed by atoms with Crippen LogP contribution in [0.1, 0.15) is 38.0 Å². The number of hydrogen-bond donors (Lipinski definition) is 2. The van der Waals surface area contributed by atoms with Crippen molar-refractivity contribution in [2.75, 3.05) is 5.32 Å². The summed E-state index contributed by atoms with van der Waals surface area (Å²) in [7, 11) is 0. The first-order valence-electron chi connectivity index (χ1n) is 6.58. The van der Waals surface area contributed by atoms with Crippen LogP contribution in [-0.4, -0.2) is 16.9 Å². The van der Waals surface area contributed by atoms with Gasteiger partial charge in [-0.15, -0.1) is 12.4 Å². The van der Waals surface area contributed by atoms with Gasteiger partial charge in [-0.3, -0.25) is 4.79 Å². The number of benzene rings is 1. The molecular weight excluding hydrogens is 278 g/mol. The van der Waals surface area contributed by atoms with Crippen molar-refractivity contribution in [1.29, 1.82) is 0 Å². The monoisotopic (exact) mass is 295 g/mol. The van der Waals surface area contributed by atoms with Gasteiger partial charge in [-0.1, -0.05) is 0 Å². The molecule has 1 heterocycles. The highest BCUT2D eigenvalue weighted by molar-refractivity contribution is 5.93. The number of nitrogens with one attached hydrogen (secondary N) is 1. The Morgan fingerprint density at radius 3 is 2.95 bits per heavy atom. The Labute approximate surface area is 123 Å². The van der Waals surface area contributed by atoms with Gasteiger partial charge >= 0.3 is 0 Å². The van der Waals surface area contributed by atoms with E-state index >= 15 is 0 Å². The summed E-state index contributed by atoms with van der Waals surface area (Å²) in [6.07, 6.45) is 2.62. The molecule has 0 aliphatic heterocycles. The van der Waals surface area contributed by atoms with Crippen LogP contribution in [0.2, 0.25) is 0 Å². The van der Waals surface area contributed by atoms with E-state index in [9.17, 15) is 4.79 Å². The maximum atomic E-state index is 11.6. The van der Waals surface area contributed by atoms with Crippen LogP contribution in [0.15, 0.2) is 22.6 Å². The van der Waals surface area contributed by atoms with E-state index in [4.69, 9.17) is 10.2 Å². The molecule has 0 bridgehead atoms. The number of oxazole rings is 1. The normalized spacial score (nSPS) is 15.7. The molecule has 3 N–H and O–H groups in total. The lowest BCUT2D eigenvalue weighted by Gasteiger charge is -2.06. The van der Waals surface area contributed by atoms with Crippen LogP contribution < -0.4 is 11.1 Å². The lowest BCUT2D eigenvalue weighted by molar-refractivity contribution is -0.116. The number of rotatable bonds is 4. The number of nitrogens with two attached hydrogens (primary N) is 1.